The number of piperazine rings is 1. The van der Waals surface area contributed by atoms with Gasteiger partial charge in [0.2, 0.25) is 11.8 Å². The van der Waals surface area contributed by atoms with E-state index in [0.717, 1.165) is 6.42 Å². The van der Waals surface area contributed by atoms with Crippen LogP contribution in [0.1, 0.15) is 26.7 Å². The summed E-state index contributed by atoms with van der Waals surface area (Å²) in [5.74, 6) is -0.288. The fraction of sp³-hybridized carbons (Fsp3) is 0.526. The van der Waals surface area contributed by atoms with Crippen LogP contribution in [0, 0.1) is 0 Å². The van der Waals surface area contributed by atoms with Gasteiger partial charge in [0.25, 0.3) is 0 Å². The third kappa shape index (κ3) is 6.56. The summed E-state index contributed by atoms with van der Waals surface area (Å²) in [6.45, 7) is 5.59. The molecular formula is C19H27N3O5. The fourth-order valence-corrected chi connectivity index (χ4v) is 2.82. The Hall–Kier alpha value is -2.61. The number of carbonyl (C=O) groups is 3. The lowest BCUT2D eigenvalue weighted by Gasteiger charge is -2.33. The third-order valence-corrected chi connectivity index (χ3v) is 4.04. The van der Waals surface area contributed by atoms with Crippen LogP contribution in [-0.2, 0) is 19.1 Å². The van der Waals surface area contributed by atoms with Crippen molar-refractivity contribution in [3.8, 4) is 5.75 Å². The number of amides is 2. The lowest BCUT2D eigenvalue weighted by molar-refractivity contribution is -0.148. The standard InChI is InChI=1S/C19H27N3O5/c1-3-10-27-18(24)12-16-19(25)20-8-9-22(16)13-17(23)21-14-6-5-7-15(11-14)26-4-2/h5-7,11,16H,3-4,8-10,12-13H2,1-2H3,(H,20,25)(H,21,23). The number of hydrogen-bond donors (Lipinski definition) is 2. The second kappa shape index (κ2) is 10.5. The van der Waals surface area contributed by atoms with Crippen molar-refractivity contribution in [1.29, 1.82) is 0 Å². The maximum absolute atomic E-state index is 12.4. The van der Waals surface area contributed by atoms with Gasteiger partial charge in [-0.3, -0.25) is 19.3 Å². The monoisotopic (exact) mass is 377 g/mol. The number of carbonyl (C=O) groups excluding carboxylic acids is 3. The van der Waals surface area contributed by atoms with Crippen LogP contribution in [0.25, 0.3) is 0 Å². The van der Waals surface area contributed by atoms with Crippen LogP contribution < -0.4 is 15.4 Å². The first-order valence-corrected chi connectivity index (χ1v) is 9.23. The Kier molecular flexibility index (Phi) is 8.06. The molecule has 1 aliphatic heterocycles. The largest absolute Gasteiger partial charge is 0.494 e. The number of benzene rings is 1. The molecular weight excluding hydrogens is 350 g/mol. The van der Waals surface area contributed by atoms with E-state index in [2.05, 4.69) is 10.6 Å². The molecule has 1 saturated heterocycles. The summed E-state index contributed by atoms with van der Waals surface area (Å²) in [7, 11) is 0. The summed E-state index contributed by atoms with van der Waals surface area (Å²) in [4.78, 5) is 38.2. The molecule has 8 heteroatoms. The molecule has 1 heterocycles. The second-order valence-corrected chi connectivity index (χ2v) is 6.21. The number of esters is 1. The van der Waals surface area contributed by atoms with E-state index < -0.39 is 12.0 Å². The second-order valence-electron chi connectivity index (χ2n) is 6.21. The van der Waals surface area contributed by atoms with Gasteiger partial charge in [-0.2, -0.15) is 0 Å². The predicted molar refractivity (Wildman–Crippen MR) is 100 cm³/mol. The highest BCUT2D eigenvalue weighted by molar-refractivity contribution is 5.93. The minimum Gasteiger partial charge on any atom is -0.494 e. The predicted octanol–water partition coefficient (Wildman–Crippen LogP) is 1.17. The van der Waals surface area contributed by atoms with E-state index in [1.54, 1.807) is 23.1 Å². The van der Waals surface area contributed by atoms with Crippen molar-refractivity contribution in [3.05, 3.63) is 24.3 Å². The van der Waals surface area contributed by atoms with Gasteiger partial charge in [-0.15, -0.1) is 0 Å². The van der Waals surface area contributed by atoms with E-state index in [1.807, 2.05) is 19.9 Å². The zero-order chi connectivity index (χ0) is 19.6. The van der Waals surface area contributed by atoms with Crippen LogP contribution in [0.3, 0.4) is 0 Å². The molecule has 2 rings (SSSR count). The van der Waals surface area contributed by atoms with Gasteiger partial charge in [-0.1, -0.05) is 13.0 Å². The van der Waals surface area contributed by atoms with Gasteiger partial charge >= 0.3 is 5.97 Å². The topological polar surface area (TPSA) is 97.0 Å². The molecule has 27 heavy (non-hydrogen) atoms. The Morgan fingerprint density at radius 1 is 1.33 bits per heavy atom. The van der Waals surface area contributed by atoms with Crippen molar-refractivity contribution in [1.82, 2.24) is 10.2 Å². The van der Waals surface area contributed by atoms with Crippen molar-refractivity contribution in [3.63, 3.8) is 0 Å². The van der Waals surface area contributed by atoms with Crippen LogP contribution in [0.4, 0.5) is 5.69 Å². The van der Waals surface area contributed by atoms with Crippen molar-refractivity contribution in [2.24, 2.45) is 0 Å². The molecule has 2 amide bonds. The van der Waals surface area contributed by atoms with Crippen molar-refractivity contribution >= 4 is 23.5 Å². The molecule has 0 aromatic heterocycles. The summed E-state index contributed by atoms with van der Waals surface area (Å²) in [6.07, 6.45) is 0.647. The van der Waals surface area contributed by atoms with E-state index in [0.29, 0.717) is 37.7 Å². The average molecular weight is 377 g/mol. The molecule has 2 N–H and O–H groups in total. The highest BCUT2D eigenvalue weighted by Crippen LogP contribution is 2.17. The van der Waals surface area contributed by atoms with Crippen molar-refractivity contribution < 1.29 is 23.9 Å². The first-order valence-electron chi connectivity index (χ1n) is 9.23. The minimum atomic E-state index is -0.705. The molecule has 0 spiro atoms. The number of nitrogens with one attached hydrogen (secondary N) is 2. The lowest BCUT2D eigenvalue weighted by atomic mass is 10.1. The summed E-state index contributed by atoms with van der Waals surface area (Å²) in [5, 5.41) is 5.53. The van der Waals surface area contributed by atoms with Gasteiger partial charge < -0.3 is 20.1 Å². The highest BCUT2D eigenvalue weighted by atomic mass is 16.5. The molecule has 1 fully saturated rings. The SMILES string of the molecule is CCCOC(=O)CC1C(=O)NCCN1CC(=O)Nc1cccc(OCC)c1. The van der Waals surface area contributed by atoms with Gasteiger partial charge in [0.1, 0.15) is 11.8 Å². The minimum absolute atomic E-state index is 0.0119. The number of rotatable bonds is 9. The van der Waals surface area contributed by atoms with Crippen LogP contribution in [-0.4, -0.2) is 61.6 Å². The quantitative estimate of drug-likeness (QED) is 0.627. The van der Waals surface area contributed by atoms with Crippen LogP contribution >= 0.6 is 0 Å². The molecule has 0 saturated carbocycles. The normalized spacial score (nSPS) is 17.1. The summed E-state index contributed by atoms with van der Waals surface area (Å²) >= 11 is 0. The molecule has 8 nitrogen and oxygen atoms in total. The van der Waals surface area contributed by atoms with E-state index in [4.69, 9.17) is 9.47 Å². The number of anilines is 1. The lowest BCUT2D eigenvalue weighted by Crippen LogP contribution is -2.57. The van der Waals surface area contributed by atoms with Gasteiger partial charge in [0, 0.05) is 24.8 Å². The summed E-state index contributed by atoms with van der Waals surface area (Å²) in [5.41, 5.74) is 0.617. The first-order chi connectivity index (χ1) is 13.0. The van der Waals surface area contributed by atoms with Gasteiger partial charge in [-0.25, -0.2) is 0 Å². The van der Waals surface area contributed by atoms with Crippen molar-refractivity contribution in [2.75, 3.05) is 38.2 Å². The Morgan fingerprint density at radius 3 is 2.89 bits per heavy atom. The maximum Gasteiger partial charge on any atom is 0.307 e. The Labute approximate surface area is 159 Å². The molecule has 0 radical (unpaired) electrons. The average Bonchev–Trinajstić information content (AvgIpc) is 2.63. The number of nitrogens with zero attached hydrogens (tertiary/aromatic N) is 1. The summed E-state index contributed by atoms with van der Waals surface area (Å²) in [6, 6.07) is 6.41. The van der Waals surface area contributed by atoms with E-state index in [9.17, 15) is 14.4 Å². The van der Waals surface area contributed by atoms with Gasteiger partial charge in [-0.05, 0) is 25.5 Å². The molecule has 1 aromatic carbocycles. The van der Waals surface area contributed by atoms with E-state index in [1.165, 1.54) is 0 Å². The zero-order valence-electron chi connectivity index (χ0n) is 15.8. The smallest absolute Gasteiger partial charge is 0.307 e. The molecule has 1 unspecified atom stereocenters. The number of ether oxygens (including phenoxy) is 2. The maximum atomic E-state index is 12.4. The third-order valence-electron chi connectivity index (χ3n) is 4.04. The van der Waals surface area contributed by atoms with E-state index in [-0.39, 0.29) is 24.8 Å². The van der Waals surface area contributed by atoms with Crippen molar-refractivity contribution in [2.45, 2.75) is 32.7 Å². The van der Waals surface area contributed by atoms with Gasteiger partial charge in [0.05, 0.1) is 26.2 Å². The van der Waals surface area contributed by atoms with Gasteiger partial charge in [0.15, 0.2) is 0 Å². The molecule has 0 bridgehead atoms. The Morgan fingerprint density at radius 2 is 2.15 bits per heavy atom. The van der Waals surface area contributed by atoms with Crippen LogP contribution in [0.5, 0.6) is 5.75 Å². The zero-order valence-corrected chi connectivity index (χ0v) is 15.8. The molecule has 1 atom stereocenters. The molecule has 1 aromatic rings. The van der Waals surface area contributed by atoms with E-state index >= 15 is 0 Å². The summed E-state index contributed by atoms with van der Waals surface area (Å²) < 4.78 is 10.5. The molecule has 1 aliphatic rings. The first kappa shape index (κ1) is 20.7. The highest BCUT2D eigenvalue weighted by Gasteiger charge is 2.33. The molecule has 148 valence electrons. The Balaban J connectivity index is 1.95. The Bertz CT molecular complexity index is 665. The fourth-order valence-electron chi connectivity index (χ4n) is 2.82. The van der Waals surface area contributed by atoms with Crippen LogP contribution in [0.2, 0.25) is 0 Å². The molecule has 0 aliphatic carbocycles. The number of hydrogen-bond acceptors (Lipinski definition) is 6. The van der Waals surface area contributed by atoms with Crippen LogP contribution in [0.15, 0.2) is 24.3 Å².